The number of hydrogen-bond donors (Lipinski definition) is 1. The molecule has 7 nitrogen and oxygen atoms in total. The zero-order valence-electron chi connectivity index (χ0n) is 22.3. The molecule has 0 saturated carbocycles. The van der Waals surface area contributed by atoms with Crippen molar-refractivity contribution < 1.29 is 12.8 Å². The van der Waals surface area contributed by atoms with Crippen molar-refractivity contribution in [1.82, 2.24) is 19.2 Å². The van der Waals surface area contributed by atoms with Crippen LogP contribution in [0.3, 0.4) is 0 Å². The molecular formula is C29H32FN5O2S2. The first-order valence-corrected chi connectivity index (χ1v) is 15.1. The van der Waals surface area contributed by atoms with Crippen molar-refractivity contribution in [2.24, 2.45) is 0 Å². The summed E-state index contributed by atoms with van der Waals surface area (Å²) in [6.07, 6.45) is 3.19. The highest BCUT2D eigenvalue weighted by Gasteiger charge is 2.31. The number of thiophene rings is 1. The zero-order chi connectivity index (χ0) is 27.7. The normalized spacial score (nSPS) is 15.2. The van der Waals surface area contributed by atoms with Gasteiger partial charge in [-0.1, -0.05) is 12.1 Å². The Morgan fingerprint density at radius 3 is 2.31 bits per heavy atom. The van der Waals surface area contributed by atoms with Crippen LogP contribution in [0.15, 0.2) is 65.7 Å². The molecule has 0 unspecified atom stereocenters. The van der Waals surface area contributed by atoms with Gasteiger partial charge >= 0.3 is 0 Å². The van der Waals surface area contributed by atoms with Crippen LogP contribution in [0.5, 0.6) is 0 Å². The molecule has 1 fully saturated rings. The fraction of sp³-hybridized carbons (Fsp3) is 0.310. The van der Waals surface area contributed by atoms with Crippen LogP contribution in [-0.4, -0.2) is 53.8 Å². The van der Waals surface area contributed by atoms with E-state index in [-0.39, 0.29) is 16.7 Å². The number of nitrogen functional groups attached to an aromatic ring is 1. The molecule has 0 bridgehead atoms. The maximum absolute atomic E-state index is 13.5. The molecule has 204 valence electrons. The van der Waals surface area contributed by atoms with Gasteiger partial charge in [0.05, 0.1) is 10.6 Å². The van der Waals surface area contributed by atoms with Gasteiger partial charge in [-0.05, 0) is 87.3 Å². The van der Waals surface area contributed by atoms with Gasteiger partial charge < -0.3 is 5.73 Å². The fourth-order valence-electron chi connectivity index (χ4n) is 5.02. The number of piperidine rings is 1. The Labute approximate surface area is 233 Å². The van der Waals surface area contributed by atoms with E-state index >= 15 is 0 Å². The second kappa shape index (κ2) is 11.1. The molecule has 0 radical (unpaired) electrons. The predicted molar refractivity (Wildman–Crippen MR) is 154 cm³/mol. The van der Waals surface area contributed by atoms with Crippen molar-refractivity contribution >= 4 is 27.3 Å². The van der Waals surface area contributed by atoms with Crippen LogP contribution in [-0.2, 0) is 16.6 Å². The molecule has 2 N–H and O–H groups in total. The number of benzene rings is 2. The zero-order valence-corrected chi connectivity index (χ0v) is 23.9. The number of hydrogen-bond acceptors (Lipinski definition) is 7. The molecular weight excluding hydrogens is 533 g/mol. The van der Waals surface area contributed by atoms with E-state index in [0.29, 0.717) is 36.0 Å². The van der Waals surface area contributed by atoms with Crippen molar-refractivity contribution in [1.29, 1.82) is 0 Å². The number of aromatic nitrogens is 2. The number of nitrogens with zero attached hydrogens (tertiary/aromatic N) is 4. The van der Waals surface area contributed by atoms with Gasteiger partial charge in [0, 0.05) is 52.8 Å². The van der Waals surface area contributed by atoms with Crippen LogP contribution >= 0.6 is 11.3 Å². The highest BCUT2D eigenvalue weighted by molar-refractivity contribution is 7.89. The summed E-state index contributed by atoms with van der Waals surface area (Å²) in [6, 6.07) is 15.3. The first-order valence-electron chi connectivity index (χ1n) is 12.9. The Kier molecular flexibility index (Phi) is 7.82. The van der Waals surface area contributed by atoms with Crippen LogP contribution in [0, 0.1) is 19.7 Å². The van der Waals surface area contributed by atoms with E-state index in [9.17, 15) is 12.8 Å². The lowest BCUT2D eigenvalue weighted by Crippen LogP contribution is -2.45. The summed E-state index contributed by atoms with van der Waals surface area (Å²) in [5.74, 6) is -0.243. The van der Waals surface area contributed by atoms with Crippen molar-refractivity contribution in [3.8, 4) is 22.4 Å². The van der Waals surface area contributed by atoms with Crippen molar-refractivity contribution in [3.63, 3.8) is 0 Å². The van der Waals surface area contributed by atoms with Crippen LogP contribution in [0.1, 0.15) is 28.2 Å². The van der Waals surface area contributed by atoms with Gasteiger partial charge in [0.25, 0.3) is 0 Å². The average molecular weight is 566 g/mol. The standard InChI is InChI=1S/C29H32FN5O2S2/c1-19-16-25(38-20(19)2)18-34(3)24-12-14-35(15-13-24)39(36,37)26-10-6-21(7-11-26)27-17-32-29(31)33-28(27)22-4-8-23(30)9-5-22/h4-11,16-17,24H,12-15,18H2,1-3H3,(H2,31,32,33). The van der Waals surface area contributed by atoms with Crippen molar-refractivity contribution in [2.45, 2.75) is 44.2 Å². The highest BCUT2D eigenvalue weighted by Crippen LogP contribution is 2.32. The largest absolute Gasteiger partial charge is 0.368 e. The van der Waals surface area contributed by atoms with E-state index in [1.54, 1.807) is 46.9 Å². The summed E-state index contributed by atoms with van der Waals surface area (Å²) in [5, 5.41) is 0. The molecule has 2 aromatic heterocycles. The van der Waals surface area contributed by atoms with Gasteiger partial charge in [0.1, 0.15) is 5.82 Å². The summed E-state index contributed by atoms with van der Waals surface area (Å²) >= 11 is 1.83. The third kappa shape index (κ3) is 5.89. The predicted octanol–water partition coefficient (Wildman–Crippen LogP) is 5.50. The molecule has 39 heavy (non-hydrogen) atoms. The van der Waals surface area contributed by atoms with E-state index in [2.05, 4.69) is 41.8 Å². The molecule has 0 amide bonds. The van der Waals surface area contributed by atoms with Crippen LogP contribution in [0.2, 0.25) is 0 Å². The van der Waals surface area contributed by atoms with Crippen LogP contribution in [0.25, 0.3) is 22.4 Å². The fourth-order valence-corrected chi connectivity index (χ4v) is 7.60. The van der Waals surface area contributed by atoms with Gasteiger partial charge in [-0.3, -0.25) is 4.90 Å². The Bertz CT molecular complexity index is 1540. The van der Waals surface area contributed by atoms with E-state index in [1.807, 2.05) is 11.3 Å². The molecule has 0 spiro atoms. The average Bonchev–Trinajstić information content (AvgIpc) is 3.25. The van der Waals surface area contributed by atoms with Crippen LogP contribution in [0.4, 0.5) is 10.3 Å². The number of anilines is 1. The van der Waals surface area contributed by atoms with E-state index in [4.69, 9.17) is 5.73 Å². The number of sulfonamides is 1. The Hall–Kier alpha value is -3.18. The minimum absolute atomic E-state index is 0.104. The smallest absolute Gasteiger partial charge is 0.243 e. The lowest BCUT2D eigenvalue weighted by molar-refractivity contribution is 0.163. The Balaban J connectivity index is 1.29. The van der Waals surface area contributed by atoms with Gasteiger partial charge in [0.15, 0.2) is 0 Å². The Morgan fingerprint density at radius 2 is 1.69 bits per heavy atom. The third-order valence-corrected chi connectivity index (χ3v) is 10.4. The minimum atomic E-state index is -3.62. The quantitative estimate of drug-likeness (QED) is 0.318. The summed E-state index contributed by atoms with van der Waals surface area (Å²) in [7, 11) is -1.50. The molecule has 1 saturated heterocycles. The number of aryl methyl sites for hydroxylation is 2. The van der Waals surface area contributed by atoms with E-state index in [1.165, 1.54) is 27.5 Å². The molecule has 2 aromatic carbocycles. The highest BCUT2D eigenvalue weighted by atomic mass is 32.2. The maximum Gasteiger partial charge on any atom is 0.243 e. The summed E-state index contributed by atoms with van der Waals surface area (Å²) in [6.45, 7) is 6.14. The van der Waals surface area contributed by atoms with Gasteiger partial charge in [-0.2, -0.15) is 4.31 Å². The monoisotopic (exact) mass is 565 g/mol. The van der Waals surface area contributed by atoms with Crippen molar-refractivity contribution in [3.05, 3.63) is 81.9 Å². The summed E-state index contributed by atoms with van der Waals surface area (Å²) in [4.78, 5) is 13.8. The Morgan fingerprint density at radius 1 is 1.05 bits per heavy atom. The molecule has 3 heterocycles. The molecule has 10 heteroatoms. The lowest BCUT2D eigenvalue weighted by atomic mass is 10.0. The van der Waals surface area contributed by atoms with Gasteiger partial charge in [-0.15, -0.1) is 11.3 Å². The molecule has 0 atom stereocenters. The number of halogens is 1. The van der Waals surface area contributed by atoms with E-state index in [0.717, 1.165) is 24.9 Å². The summed E-state index contributed by atoms with van der Waals surface area (Å²) < 4.78 is 41.9. The molecule has 4 aromatic rings. The van der Waals surface area contributed by atoms with Gasteiger partial charge in [0.2, 0.25) is 16.0 Å². The second-order valence-electron chi connectivity index (χ2n) is 10.0. The molecule has 1 aliphatic rings. The van der Waals surface area contributed by atoms with Crippen molar-refractivity contribution in [2.75, 3.05) is 25.9 Å². The summed E-state index contributed by atoms with van der Waals surface area (Å²) in [5.41, 5.74) is 9.82. The maximum atomic E-state index is 13.5. The number of rotatable bonds is 7. The van der Waals surface area contributed by atoms with Crippen LogP contribution < -0.4 is 5.73 Å². The minimum Gasteiger partial charge on any atom is -0.368 e. The van der Waals surface area contributed by atoms with Gasteiger partial charge in [-0.25, -0.2) is 22.8 Å². The van der Waals surface area contributed by atoms with E-state index < -0.39 is 10.0 Å². The molecule has 1 aliphatic heterocycles. The second-order valence-corrected chi connectivity index (χ2v) is 13.3. The molecule has 0 aliphatic carbocycles. The lowest BCUT2D eigenvalue weighted by Gasteiger charge is -2.36. The third-order valence-electron chi connectivity index (χ3n) is 7.40. The molecule has 5 rings (SSSR count). The topological polar surface area (TPSA) is 92.4 Å². The first kappa shape index (κ1) is 27.4. The number of nitrogens with two attached hydrogens (primary N) is 1. The first-order chi connectivity index (χ1) is 18.6. The SMILES string of the molecule is Cc1cc(CN(C)C2CCN(S(=O)(=O)c3ccc(-c4cnc(N)nc4-c4ccc(F)cc4)cc3)CC2)sc1C.